The van der Waals surface area contributed by atoms with Crippen molar-refractivity contribution in [3.05, 3.63) is 24.2 Å². The molecule has 124 valence electrons. The normalized spacial score (nSPS) is 26.5. The van der Waals surface area contributed by atoms with Crippen LogP contribution in [0, 0.1) is 0 Å². The van der Waals surface area contributed by atoms with E-state index in [0.29, 0.717) is 12.1 Å². The summed E-state index contributed by atoms with van der Waals surface area (Å²) in [5.74, 6) is 1.24. The molecule has 2 aliphatic heterocycles. The zero-order valence-electron chi connectivity index (χ0n) is 14.3. The molecule has 0 N–H and O–H groups in total. The van der Waals surface area contributed by atoms with Crippen LogP contribution in [0.2, 0.25) is 0 Å². The molecule has 2 unspecified atom stereocenters. The average Bonchev–Trinajstić information content (AvgIpc) is 3.25. The first kappa shape index (κ1) is 15.1. The largest absolute Gasteiger partial charge is 0.308 e. The highest BCUT2D eigenvalue weighted by Gasteiger charge is 2.29. The van der Waals surface area contributed by atoms with Crippen molar-refractivity contribution < 1.29 is 0 Å². The molecule has 4 rings (SSSR count). The van der Waals surface area contributed by atoms with E-state index in [0.717, 1.165) is 30.7 Å². The van der Waals surface area contributed by atoms with E-state index >= 15 is 0 Å². The lowest BCUT2D eigenvalue weighted by Gasteiger charge is -2.24. The third-order valence-corrected chi connectivity index (χ3v) is 5.58. The summed E-state index contributed by atoms with van der Waals surface area (Å²) < 4.78 is 2.45. The average molecular weight is 313 g/mol. The molecule has 0 saturated carbocycles. The van der Waals surface area contributed by atoms with Crippen LogP contribution in [0.15, 0.2) is 18.3 Å². The number of imidazole rings is 1. The van der Waals surface area contributed by atoms with Crippen molar-refractivity contribution in [2.75, 3.05) is 33.2 Å². The minimum Gasteiger partial charge on any atom is -0.308 e. The predicted molar refractivity (Wildman–Crippen MR) is 92.7 cm³/mol. The van der Waals surface area contributed by atoms with Gasteiger partial charge in [0, 0.05) is 25.2 Å². The SMILES string of the molecule is CCN1CCCC1Cc1nc2cccnc2n1C1CCN(C)C1. The molecule has 0 radical (unpaired) electrons. The Bertz CT molecular complexity index is 679. The fourth-order valence-corrected chi connectivity index (χ4v) is 4.38. The van der Waals surface area contributed by atoms with Crippen molar-refractivity contribution in [2.24, 2.45) is 0 Å². The molecular formula is C18H27N5. The Hall–Kier alpha value is -1.46. The predicted octanol–water partition coefficient (Wildman–Crippen LogP) is 2.33. The maximum Gasteiger partial charge on any atom is 0.160 e. The maximum absolute atomic E-state index is 4.97. The summed E-state index contributed by atoms with van der Waals surface area (Å²) in [6, 6.07) is 5.27. The fraction of sp³-hybridized carbons (Fsp3) is 0.667. The number of nitrogens with zero attached hydrogens (tertiary/aromatic N) is 5. The smallest absolute Gasteiger partial charge is 0.160 e. The summed E-state index contributed by atoms with van der Waals surface area (Å²) >= 11 is 0. The van der Waals surface area contributed by atoms with Gasteiger partial charge in [0.2, 0.25) is 0 Å². The number of pyridine rings is 1. The van der Waals surface area contributed by atoms with Crippen molar-refractivity contribution >= 4 is 11.2 Å². The van der Waals surface area contributed by atoms with Crippen LogP contribution in [0.5, 0.6) is 0 Å². The highest BCUT2D eigenvalue weighted by molar-refractivity contribution is 5.71. The van der Waals surface area contributed by atoms with Crippen molar-refractivity contribution in [3.8, 4) is 0 Å². The maximum atomic E-state index is 4.97. The van der Waals surface area contributed by atoms with Crippen LogP contribution in [0.1, 0.15) is 38.1 Å². The second-order valence-corrected chi connectivity index (χ2v) is 7.08. The number of likely N-dealkylation sites (N-methyl/N-ethyl adjacent to an activating group) is 2. The molecule has 2 aliphatic rings. The van der Waals surface area contributed by atoms with Crippen molar-refractivity contribution in [1.82, 2.24) is 24.3 Å². The second-order valence-electron chi connectivity index (χ2n) is 7.08. The highest BCUT2D eigenvalue weighted by atomic mass is 15.2. The lowest BCUT2D eigenvalue weighted by molar-refractivity contribution is 0.260. The van der Waals surface area contributed by atoms with Gasteiger partial charge in [-0.1, -0.05) is 6.92 Å². The van der Waals surface area contributed by atoms with E-state index in [4.69, 9.17) is 4.98 Å². The Labute approximate surface area is 138 Å². The van der Waals surface area contributed by atoms with Gasteiger partial charge in [0.15, 0.2) is 5.65 Å². The van der Waals surface area contributed by atoms with E-state index in [1.54, 1.807) is 0 Å². The van der Waals surface area contributed by atoms with Crippen LogP contribution in [-0.2, 0) is 6.42 Å². The van der Waals surface area contributed by atoms with Gasteiger partial charge in [-0.15, -0.1) is 0 Å². The number of likely N-dealkylation sites (tertiary alicyclic amines) is 2. The van der Waals surface area contributed by atoms with Gasteiger partial charge in [-0.2, -0.15) is 0 Å². The number of rotatable bonds is 4. The van der Waals surface area contributed by atoms with Crippen molar-refractivity contribution in [3.63, 3.8) is 0 Å². The molecular weight excluding hydrogens is 286 g/mol. The van der Waals surface area contributed by atoms with Gasteiger partial charge in [0.05, 0.1) is 6.04 Å². The van der Waals surface area contributed by atoms with Crippen LogP contribution in [0.4, 0.5) is 0 Å². The minimum absolute atomic E-state index is 0.520. The molecule has 23 heavy (non-hydrogen) atoms. The third-order valence-electron chi connectivity index (χ3n) is 5.58. The van der Waals surface area contributed by atoms with E-state index in [1.165, 1.54) is 38.2 Å². The zero-order valence-corrected chi connectivity index (χ0v) is 14.3. The zero-order chi connectivity index (χ0) is 15.8. The summed E-state index contributed by atoms with van der Waals surface area (Å²) in [7, 11) is 2.21. The van der Waals surface area contributed by atoms with Gasteiger partial charge in [0.25, 0.3) is 0 Å². The molecule has 5 heteroatoms. The second kappa shape index (κ2) is 6.21. The lowest BCUT2D eigenvalue weighted by atomic mass is 10.1. The molecule has 5 nitrogen and oxygen atoms in total. The highest BCUT2D eigenvalue weighted by Crippen LogP contribution is 2.29. The summed E-state index contributed by atoms with van der Waals surface area (Å²) in [6.45, 7) is 6.94. The molecule has 0 amide bonds. The van der Waals surface area contributed by atoms with Gasteiger partial charge in [-0.05, 0) is 58.1 Å². The topological polar surface area (TPSA) is 37.2 Å². The summed E-state index contributed by atoms with van der Waals surface area (Å²) in [5.41, 5.74) is 2.13. The minimum atomic E-state index is 0.520. The first-order valence-electron chi connectivity index (χ1n) is 9.00. The van der Waals surface area contributed by atoms with Crippen LogP contribution >= 0.6 is 0 Å². The van der Waals surface area contributed by atoms with Gasteiger partial charge in [0.1, 0.15) is 11.3 Å². The van der Waals surface area contributed by atoms with E-state index in [9.17, 15) is 0 Å². The number of hydrogen-bond donors (Lipinski definition) is 0. The van der Waals surface area contributed by atoms with E-state index in [1.807, 2.05) is 12.3 Å². The molecule has 2 fully saturated rings. The molecule has 0 aliphatic carbocycles. The number of hydrogen-bond acceptors (Lipinski definition) is 4. The Morgan fingerprint density at radius 1 is 1.26 bits per heavy atom. The van der Waals surface area contributed by atoms with Crippen molar-refractivity contribution in [1.29, 1.82) is 0 Å². The monoisotopic (exact) mass is 313 g/mol. The Morgan fingerprint density at radius 3 is 2.96 bits per heavy atom. The summed E-state index contributed by atoms with van der Waals surface area (Å²) in [4.78, 5) is 14.6. The van der Waals surface area contributed by atoms with Crippen LogP contribution in [0.3, 0.4) is 0 Å². The quantitative estimate of drug-likeness (QED) is 0.868. The van der Waals surface area contributed by atoms with E-state index < -0.39 is 0 Å². The number of aromatic nitrogens is 3. The Balaban J connectivity index is 1.70. The number of fused-ring (bicyclic) bond motifs is 1. The first-order valence-corrected chi connectivity index (χ1v) is 9.00. The lowest BCUT2D eigenvalue weighted by Crippen LogP contribution is -2.32. The molecule has 0 aromatic carbocycles. The molecule has 4 heterocycles. The van der Waals surface area contributed by atoms with E-state index in [-0.39, 0.29) is 0 Å². The first-order chi connectivity index (χ1) is 11.3. The Kier molecular flexibility index (Phi) is 4.07. The Morgan fingerprint density at radius 2 is 2.17 bits per heavy atom. The third kappa shape index (κ3) is 2.76. The van der Waals surface area contributed by atoms with Gasteiger partial charge in [-0.25, -0.2) is 9.97 Å². The molecule has 2 aromatic rings. The molecule has 2 saturated heterocycles. The van der Waals surface area contributed by atoms with Crippen molar-refractivity contribution in [2.45, 2.75) is 44.7 Å². The van der Waals surface area contributed by atoms with Crippen LogP contribution in [-0.4, -0.2) is 63.6 Å². The molecule has 0 bridgehead atoms. The summed E-state index contributed by atoms with van der Waals surface area (Å²) in [5, 5.41) is 0. The summed E-state index contributed by atoms with van der Waals surface area (Å²) in [6.07, 6.45) is 6.78. The van der Waals surface area contributed by atoms with Crippen LogP contribution < -0.4 is 0 Å². The standard InChI is InChI=1S/C18H27N5/c1-3-22-10-5-6-14(22)12-17-20-16-7-4-9-19-18(16)23(17)15-8-11-21(2)13-15/h4,7,9,14-15H,3,5-6,8,10-13H2,1-2H3. The van der Waals surface area contributed by atoms with Gasteiger partial charge >= 0.3 is 0 Å². The van der Waals surface area contributed by atoms with Crippen LogP contribution in [0.25, 0.3) is 11.2 Å². The molecule has 0 spiro atoms. The molecule has 2 atom stereocenters. The van der Waals surface area contributed by atoms with Gasteiger partial charge < -0.3 is 14.4 Å². The van der Waals surface area contributed by atoms with E-state index in [2.05, 4.69) is 39.4 Å². The fourth-order valence-electron chi connectivity index (χ4n) is 4.38. The molecule has 2 aromatic heterocycles. The van der Waals surface area contributed by atoms with Gasteiger partial charge in [-0.3, -0.25) is 0 Å².